The summed E-state index contributed by atoms with van der Waals surface area (Å²) in [7, 11) is 0. The van der Waals surface area contributed by atoms with Crippen LogP contribution in [0.4, 0.5) is 5.69 Å². The van der Waals surface area contributed by atoms with E-state index in [4.69, 9.17) is 17.0 Å². The zero-order valence-electron chi connectivity index (χ0n) is 16.7. The van der Waals surface area contributed by atoms with Crippen LogP contribution >= 0.6 is 12.2 Å². The summed E-state index contributed by atoms with van der Waals surface area (Å²) >= 11 is 4.92. The maximum absolute atomic E-state index is 12.1. The van der Waals surface area contributed by atoms with E-state index >= 15 is 0 Å². The molecule has 1 rings (SSSR count). The van der Waals surface area contributed by atoms with E-state index in [9.17, 15) is 19.2 Å². The number of hydrogen-bond acceptors (Lipinski definition) is 6. The number of nitrogens with one attached hydrogen (secondary N) is 4. The third kappa shape index (κ3) is 9.65. The van der Waals surface area contributed by atoms with Crippen molar-refractivity contribution in [1.29, 1.82) is 0 Å². The lowest BCUT2D eigenvalue weighted by atomic mass is 10.1. The van der Waals surface area contributed by atoms with Crippen LogP contribution < -0.4 is 21.5 Å². The highest BCUT2D eigenvalue weighted by Gasteiger charge is 2.11. The number of amides is 3. The first kappa shape index (κ1) is 24.0. The number of rotatable bonds is 8. The number of thiocarbonyl (C=S) groups is 1. The molecule has 1 aromatic rings. The molecule has 1 aromatic carbocycles. The Morgan fingerprint density at radius 2 is 1.69 bits per heavy atom. The Morgan fingerprint density at radius 1 is 1.03 bits per heavy atom. The molecule has 0 atom stereocenters. The largest absolute Gasteiger partial charge is 0.466 e. The fraction of sp³-hybridized carbons (Fsp3) is 0.421. The van der Waals surface area contributed by atoms with Crippen LogP contribution in [-0.4, -0.2) is 35.4 Å². The van der Waals surface area contributed by atoms with Crippen molar-refractivity contribution in [3.8, 4) is 0 Å². The second-order valence-electron chi connectivity index (χ2n) is 6.40. The van der Waals surface area contributed by atoms with Crippen LogP contribution in [-0.2, 0) is 19.1 Å². The summed E-state index contributed by atoms with van der Waals surface area (Å²) in [6, 6.07) is 6.28. The number of anilines is 1. The molecule has 0 radical (unpaired) electrons. The van der Waals surface area contributed by atoms with Crippen molar-refractivity contribution in [2.45, 2.75) is 40.0 Å². The van der Waals surface area contributed by atoms with Crippen LogP contribution in [0.25, 0.3) is 0 Å². The molecule has 0 bridgehead atoms. The van der Waals surface area contributed by atoms with Gasteiger partial charge in [-0.1, -0.05) is 20.8 Å². The smallest absolute Gasteiger partial charge is 0.306 e. The van der Waals surface area contributed by atoms with Gasteiger partial charge >= 0.3 is 5.97 Å². The third-order valence-electron chi connectivity index (χ3n) is 3.50. The van der Waals surface area contributed by atoms with Gasteiger partial charge in [0.2, 0.25) is 11.8 Å². The highest BCUT2D eigenvalue weighted by atomic mass is 32.1. The monoisotopic (exact) mass is 422 g/mol. The van der Waals surface area contributed by atoms with E-state index in [-0.39, 0.29) is 29.8 Å². The van der Waals surface area contributed by atoms with Crippen molar-refractivity contribution in [1.82, 2.24) is 16.2 Å². The molecule has 0 aliphatic heterocycles. The van der Waals surface area contributed by atoms with Gasteiger partial charge in [-0.2, -0.15) is 0 Å². The van der Waals surface area contributed by atoms with Crippen molar-refractivity contribution < 1.29 is 23.9 Å². The summed E-state index contributed by atoms with van der Waals surface area (Å²) in [5.74, 6) is -1.69. The number of esters is 1. The number of benzene rings is 1. The van der Waals surface area contributed by atoms with Gasteiger partial charge in [0.1, 0.15) is 0 Å². The summed E-state index contributed by atoms with van der Waals surface area (Å²) < 4.78 is 4.87. The predicted molar refractivity (Wildman–Crippen MR) is 112 cm³/mol. The van der Waals surface area contributed by atoms with Crippen LogP contribution in [0, 0.1) is 5.92 Å². The van der Waals surface area contributed by atoms with Gasteiger partial charge in [-0.3, -0.25) is 30.0 Å². The van der Waals surface area contributed by atoms with Crippen molar-refractivity contribution in [2.24, 2.45) is 5.92 Å². The standard InChI is InChI=1S/C19H26N4O5S/c1-4-11-28-16(25)10-9-15(24)21-19(29)23-22-18(27)13-5-7-14(8-6-13)20-17(26)12(2)3/h5-8,12H,4,9-11H2,1-3H3,(H,20,26)(H,22,27)(H2,21,23,24,29). The molecule has 0 unspecified atom stereocenters. The first-order valence-corrected chi connectivity index (χ1v) is 9.60. The van der Waals surface area contributed by atoms with Gasteiger partial charge in [-0.15, -0.1) is 0 Å². The molecule has 0 saturated heterocycles. The minimum atomic E-state index is -0.480. The molecule has 0 fully saturated rings. The second kappa shape index (κ2) is 12.4. The van der Waals surface area contributed by atoms with E-state index < -0.39 is 17.8 Å². The quantitative estimate of drug-likeness (QED) is 0.285. The molecule has 0 aliphatic carbocycles. The third-order valence-corrected chi connectivity index (χ3v) is 3.71. The van der Waals surface area contributed by atoms with Crippen LogP contribution in [0.5, 0.6) is 0 Å². The normalized spacial score (nSPS) is 10.1. The van der Waals surface area contributed by atoms with E-state index in [1.54, 1.807) is 26.0 Å². The predicted octanol–water partition coefficient (Wildman–Crippen LogP) is 1.65. The number of hydrogen-bond donors (Lipinski definition) is 4. The van der Waals surface area contributed by atoms with E-state index in [1.165, 1.54) is 12.1 Å². The molecule has 0 saturated carbocycles. The maximum Gasteiger partial charge on any atom is 0.306 e. The summed E-state index contributed by atoms with van der Waals surface area (Å²) in [5.41, 5.74) is 5.67. The first-order chi connectivity index (χ1) is 13.7. The molecule has 4 N–H and O–H groups in total. The lowest BCUT2D eigenvalue weighted by Crippen LogP contribution is -2.48. The van der Waals surface area contributed by atoms with E-state index in [1.807, 2.05) is 6.92 Å². The highest BCUT2D eigenvalue weighted by molar-refractivity contribution is 7.80. The minimum absolute atomic E-state index is 0.0551. The molecule has 9 nitrogen and oxygen atoms in total. The molecule has 3 amide bonds. The van der Waals surface area contributed by atoms with Gasteiger partial charge < -0.3 is 15.4 Å². The number of hydrazine groups is 1. The molecule has 0 heterocycles. The van der Waals surface area contributed by atoms with Crippen molar-refractivity contribution in [3.05, 3.63) is 29.8 Å². The molecule has 158 valence electrons. The molecular weight excluding hydrogens is 396 g/mol. The molecule has 0 aromatic heterocycles. The van der Waals surface area contributed by atoms with Crippen molar-refractivity contribution in [3.63, 3.8) is 0 Å². The number of carbonyl (C=O) groups excluding carboxylic acids is 4. The first-order valence-electron chi connectivity index (χ1n) is 9.19. The van der Waals surface area contributed by atoms with Crippen LogP contribution in [0.15, 0.2) is 24.3 Å². The fourth-order valence-electron chi connectivity index (χ4n) is 1.90. The molecule has 0 aliphatic rings. The zero-order chi connectivity index (χ0) is 21.8. The van der Waals surface area contributed by atoms with Crippen molar-refractivity contribution >= 4 is 46.7 Å². The van der Waals surface area contributed by atoms with Gasteiger partial charge in [0, 0.05) is 23.6 Å². The minimum Gasteiger partial charge on any atom is -0.466 e. The van der Waals surface area contributed by atoms with Gasteiger partial charge in [0.15, 0.2) is 5.11 Å². The Balaban J connectivity index is 2.37. The SMILES string of the molecule is CCCOC(=O)CCC(=O)NC(=S)NNC(=O)c1ccc(NC(=O)C(C)C)cc1. The van der Waals surface area contributed by atoms with Crippen LogP contribution in [0.2, 0.25) is 0 Å². The maximum atomic E-state index is 12.1. The Morgan fingerprint density at radius 3 is 2.28 bits per heavy atom. The lowest BCUT2D eigenvalue weighted by Gasteiger charge is -2.11. The topological polar surface area (TPSA) is 126 Å². The van der Waals surface area contributed by atoms with Crippen molar-refractivity contribution in [2.75, 3.05) is 11.9 Å². The second-order valence-corrected chi connectivity index (χ2v) is 6.81. The van der Waals surface area contributed by atoms with Gasteiger partial charge in [-0.05, 0) is 42.9 Å². The summed E-state index contributed by atoms with van der Waals surface area (Å²) in [6.45, 7) is 5.75. The Labute approximate surface area is 174 Å². The number of carbonyl (C=O) groups is 4. The Bertz CT molecular complexity index is 749. The van der Waals surface area contributed by atoms with Gasteiger partial charge in [0.25, 0.3) is 5.91 Å². The Hall–Kier alpha value is -3.01. The zero-order valence-corrected chi connectivity index (χ0v) is 17.5. The van der Waals surface area contributed by atoms with Crippen LogP contribution in [0.1, 0.15) is 50.4 Å². The summed E-state index contributed by atoms with van der Waals surface area (Å²) in [5, 5.41) is 4.97. The molecular formula is C19H26N4O5S. The highest BCUT2D eigenvalue weighted by Crippen LogP contribution is 2.10. The molecule has 29 heavy (non-hydrogen) atoms. The Kier molecular flexibility index (Phi) is 10.3. The number of ether oxygens (including phenoxy) is 1. The molecule has 0 spiro atoms. The molecule has 10 heteroatoms. The summed E-state index contributed by atoms with van der Waals surface area (Å²) in [4.78, 5) is 46.8. The van der Waals surface area contributed by atoms with Gasteiger partial charge in [-0.25, -0.2) is 0 Å². The summed E-state index contributed by atoms with van der Waals surface area (Å²) in [6.07, 6.45) is 0.573. The fourth-order valence-corrected chi connectivity index (χ4v) is 2.07. The average Bonchev–Trinajstić information content (AvgIpc) is 2.69. The lowest BCUT2D eigenvalue weighted by molar-refractivity contribution is -0.144. The average molecular weight is 423 g/mol. The van der Waals surface area contributed by atoms with E-state index in [0.717, 1.165) is 0 Å². The van der Waals surface area contributed by atoms with Crippen LogP contribution in [0.3, 0.4) is 0 Å². The van der Waals surface area contributed by atoms with E-state index in [0.29, 0.717) is 24.3 Å². The van der Waals surface area contributed by atoms with E-state index in [2.05, 4.69) is 21.5 Å². The van der Waals surface area contributed by atoms with Gasteiger partial charge in [0.05, 0.1) is 13.0 Å².